The Hall–Kier alpha value is -4.17. The summed E-state index contributed by atoms with van der Waals surface area (Å²) in [5.74, 6) is -0.929. The summed E-state index contributed by atoms with van der Waals surface area (Å²) >= 11 is 0. The van der Waals surface area contributed by atoms with Crippen molar-refractivity contribution < 1.29 is 66.2 Å². The third-order valence-electron chi connectivity index (χ3n) is 7.82. The van der Waals surface area contributed by atoms with Crippen LogP contribution in [-0.4, -0.2) is 106 Å². The van der Waals surface area contributed by atoms with E-state index in [1.54, 1.807) is 0 Å². The van der Waals surface area contributed by atoms with Crippen LogP contribution in [0.2, 0.25) is 0 Å². The zero-order chi connectivity index (χ0) is 35.7. The number of aliphatic hydroxyl groups is 2. The number of aliphatic hydroxyl groups excluding tert-OH is 2. The van der Waals surface area contributed by atoms with Crippen LogP contribution < -0.4 is 32.4 Å². The number of aromatic nitrogens is 8. The lowest BCUT2D eigenvalue weighted by Crippen LogP contribution is -2.41. The summed E-state index contributed by atoms with van der Waals surface area (Å²) < 4.78 is 64.7. The molecule has 0 amide bonds. The van der Waals surface area contributed by atoms with Gasteiger partial charge in [-0.2, -0.15) is 9.97 Å². The number of anilines is 2. The van der Waals surface area contributed by atoms with Crippen molar-refractivity contribution in [3.8, 4) is 0 Å². The number of imidazole rings is 2. The molecule has 10 atom stereocenters. The normalized spacial score (nSPS) is 35.0. The van der Waals surface area contributed by atoms with E-state index in [0.29, 0.717) is 0 Å². The van der Waals surface area contributed by atoms with Crippen LogP contribution in [0.4, 0.5) is 11.9 Å². The molecule has 0 aromatic carbocycles. The second kappa shape index (κ2) is 12.6. The van der Waals surface area contributed by atoms with Crippen molar-refractivity contribution in [3.63, 3.8) is 0 Å². The van der Waals surface area contributed by atoms with Crippen molar-refractivity contribution in [3.05, 3.63) is 32.9 Å². The van der Waals surface area contributed by atoms with Gasteiger partial charge < -0.3 is 63.8 Å². The molecule has 0 aliphatic carbocycles. The summed E-state index contributed by atoms with van der Waals surface area (Å²) in [5.41, 5.74) is 8.72. The van der Waals surface area contributed by atoms with Crippen molar-refractivity contribution in [2.45, 2.75) is 55.7 Å². The lowest BCUT2D eigenvalue weighted by Gasteiger charge is -2.34. The second-order valence-corrected chi connectivity index (χ2v) is 13.7. The molecule has 28 heteroatoms. The molecule has 0 bridgehead atoms. The maximum atomic E-state index is 13.1. The lowest BCUT2D eigenvalue weighted by molar-refractivity contribution is -0.244. The fraction of sp³-hybridized carbons (Fsp3) is 0.500. The van der Waals surface area contributed by atoms with Gasteiger partial charge in [-0.05, 0) is 0 Å². The number of hydrogen-bond donors (Lipinski definition) is 6. The molecular weight excluding hydrogens is 722 g/mol. The Bertz CT molecular complexity index is 2190. The number of carbonyl (C=O) groups is 1. The monoisotopic (exact) mass is 746 g/mol. The molecule has 4 unspecified atom stereocenters. The highest BCUT2D eigenvalue weighted by Gasteiger charge is 2.52. The number of phosphoric ester groups is 2. The van der Waals surface area contributed by atoms with Gasteiger partial charge in [-0.15, -0.1) is 0 Å². The minimum Gasteiger partial charge on any atom is -0.756 e. The van der Waals surface area contributed by atoms with Gasteiger partial charge >= 0.3 is 0 Å². The predicted octanol–water partition coefficient (Wildman–Crippen LogP) is -4.64. The van der Waals surface area contributed by atoms with Crippen molar-refractivity contribution in [1.29, 1.82) is 0 Å². The second-order valence-electron chi connectivity index (χ2n) is 10.9. The average Bonchev–Trinajstić information content (AvgIpc) is 3.77. The highest BCUT2D eigenvalue weighted by Crippen LogP contribution is 2.51. The van der Waals surface area contributed by atoms with Crippen molar-refractivity contribution in [1.82, 2.24) is 39.0 Å². The molecule has 270 valence electrons. The SMILES string of the molecule is Nc1nc2c(ncn2[C@@H]2O[C@@H]3COP(=O)([O-])OC4[C@@H](COP(=O)([O-])O[C@@H]3C2O)O[C@@H](n2c(COC=O)nc3c(=O)[nH]c(N)nc32)[C@H]4O)c(=O)[nH]1. The topological polar surface area (TPSA) is 382 Å². The molecular formula is C22H24N10O16P2-2. The van der Waals surface area contributed by atoms with Gasteiger partial charge in [-0.3, -0.25) is 42.6 Å². The number of carbonyl (C=O) groups excluding carboxylic acids is 1. The predicted molar refractivity (Wildman–Crippen MR) is 153 cm³/mol. The molecule has 50 heavy (non-hydrogen) atoms. The molecule has 3 saturated heterocycles. The number of fused-ring (bicyclic) bond motifs is 4. The first-order chi connectivity index (χ1) is 23.7. The summed E-state index contributed by atoms with van der Waals surface area (Å²) in [7, 11) is -10.9. The molecule has 8 N–H and O–H groups in total. The summed E-state index contributed by atoms with van der Waals surface area (Å²) in [5, 5.41) is 22.4. The number of nitrogens with zero attached hydrogens (tertiary/aromatic N) is 6. The first-order valence-corrected chi connectivity index (χ1v) is 17.1. The van der Waals surface area contributed by atoms with E-state index in [0.717, 1.165) is 15.5 Å². The summed E-state index contributed by atoms with van der Waals surface area (Å²) in [4.78, 5) is 82.2. The van der Waals surface area contributed by atoms with Crippen LogP contribution in [0.25, 0.3) is 22.3 Å². The van der Waals surface area contributed by atoms with E-state index >= 15 is 0 Å². The van der Waals surface area contributed by atoms with Gasteiger partial charge in [-0.25, -0.2) is 9.97 Å². The molecule has 7 heterocycles. The fourth-order valence-electron chi connectivity index (χ4n) is 5.75. The van der Waals surface area contributed by atoms with E-state index in [2.05, 4.69) is 29.9 Å². The molecule has 3 aliphatic heterocycles. The molecule has 3 aliphatic rings. The maximum absolute atomic E-state index is 13.1. The van der Waals surface area contributed by atoms with Crippen LogP contribution in [0.1, 0.15) is 18.3 Å². The number of ether oxygens (including phenoxy) is 3. The van der Waals surface area contributed by atoms with Crippen LogP contribution in [0.5, 0.6) is 0 Å². The quantitative estimate of drug-likeness (QED) is 0.0826. The first-order valence-electron chi connectivity index (χ1n) is 14.2. The van der Waals surface area contributed by atoms with Crippen molar-refractivity contribution in [2.75, 3.05) is 24.7 Å². The number of aromatic amines is 2. The van der Waals surface area contributed by atoms with E-state index in [-0.39, 0.29) is 46.5 Å². The van der Waals surface area contributed by atoms with Crippen molar-refractivity contribution >= 4 is 56.3 Å². The van der Waals surface area contributed by atoms with Gasteiger partial charge in [0.25, 0.3) is 33.2 Å². The van der Waals surface area contributed by atoms with Crippen LogP contribution in [0, 0.1) is 0 Å². The van der Waals surface area contributed by atoms with Crippen LogP contribution >= 0.6 is 15.6 Å². The standard InChI is InChI=1S/C22H26N10O16P2/c23-21-27-15-9(17(36)29-21)25-4-31(15)19-11(34)13-6(45-19)1-43-50(40,41)48-14-7(2-44-49(38,39)47-13)46-20(12(14)35)32-8(3-42-5-33)26-10-16(32)28-22(24)30-18(10)37/h4-7,11-14,19-20,34-35H,1-3H2,(H,38,39)(H,40,41)(H3,23,27,29,36)(H3,24,28,30,37)/p-2/t6-,7-,11?,12+,13+,14?,19-,20-/m1/s1. The van der Waals surface area contributed by atoms with E-state index in [9.17, 15) is 43.5 Å². The fourth-order valence-corrected chi connectivity index (χ4v) is 7.65. The van der Waals surface area contributed by atoms with E-state index < -0.39 is 95.7 Å². The maximum Gasteiger partial charge on any atom is 0.293 e. The number of rotatable bonds is 5. The Morgan fingerprint density at radius 2 is 1.44 bits per heavy atom. The average molecular weight is 746 g/mol. The highest BCUT2D eigenvalue weighted by molar-refractivity contribution is 7.46. The Kier molecular flexibility index (Phi) is 8.61. The number of nitrogens with two attached hydrogens (primary N) is 2. The van der Waals surface area contributed by atoms with Crippen LogP contribution in [-0.2, 0) is 52.8 Å². The smallest absolute Gasteiger partial charge is 0.293 e. The molecule has 26 nitrogen and oxygen atoms in total. The van der Waals surface area contributed by atoms with Gasteiger partial charge in [0.15, 0.2) is 40.6 Å². The number of nitrogens with one attached hydrogen (secondary N) is 2. The Balaban J connectivity index is 1.19. The van der Waals surface area contributed by atoms with E-state index in [4.69, 9.17) is 43.8 Å². The Morgan fingerprint density at radius 1 is 0.900 bits per heavy atom. The number of phosphoric acid groups is 2. The molecule has 7 rings (SSSR count). The van der Waals surface area contributed by atoms with E-state index in [1.807, 2.05) is 0 Å². The lowest BCUT2D eigenvalue weighted by atomic mass is 10.1. The largest absolute Gasteiger partial charge is 0.756 e. The van der Waals surface area contributed by atoms with Gasteiger partial charge in [-0.1, -0.05) is 0 Å². The highest BCUT2D eigenvalue weighted by atomic mass is 31.2. The molecule has 0 radical (unpaired) electrons. The third kappa shape index (κ3) is 6.10. The van der Waals surface area contributed by atoms with Crippen LogP contribution in [0.15, 0.2) is 15.9 Å². The number of nitrogen functional groups attached to an aromatic ring is 2. The Morgan fingerprint density at radius 3 is 2.04 bits per heavy atom. The molecule has 0 saturated carbocycles. The summed E-state index contributed by atoms with van der Waals surface area (Å²) in [6, 6.07) is 0. The zero-order valence-electron chi connectivity index (χ0n) is 24.7. The Labute approximate surface area is 275 Å². The van der Waals surface area contributed by atoms with Crippen LogP contribution in [0.3, 0.4) is 0 Å². The van der Waals surface area contributed by atoms with Gasteiger partial charge in [0.1, 0.15) is 43.2 Å². The summed E-state index contributed by atoms with van der Waals surface area (Å²) in [6.45, 7) is -2.58. The summed E-state index contributed by atoms with van der Waals surface area (Å²) in [6.07, 6.45) is -13.3. The molecule has 3 fully saturated rings. The molecule has 0 spiro atoms. The minimum absolute atomic E-state index is 0.0617. The van der Waals surface area contributed by atoms with Gasteiger partial charge in [0.05, 0.1) is 19.5 Å². The third-order valence-corrected chi connectivity index (χ3v) is 9.75. The minimum atomic E-state index is -5.47. The number of hydrogen-bond acceptors (Lipinski definition) is 22. The van der Waals surface area contributed by atoms with E-state index in [1.165, 1.54) is 0 Å². The molecule has 4 aromatic heterocycles. The zero-order valence-corrected chi connectivity index (χ0v) is 26.5. The van der Waals surface area contributed by atoms with Gasteiger partial charge in [0.2, 0.25) is 11.9 Å². The molecule has 4 aromatic rings. The van der Waals surface area contributed by atoms with Gasteiger partial charge in [0, 0.05) is 0 Å². The van der Waals surface area contributed by atoms with Crippen molar-refractivity contribution in [2.24, 2.45) is 0 Å². The first kappa shape index (κ1) is 34.3. The number of H-pyrrole nitrogens is 2.